The summed E-state index contributed by atoms with van der Waals surface area (Å²) in [6.07, 6.45) is -6.26. The SMILES string of the molecule is O=C1COc2ccc(C(=O)/C=C(\O)C(F)(F)C(F)(F)F)cc2N1. The smallest absolute Gasteiger partial charge is 0.461 e. The number of ketones is 1. The van der Waals surface area contributed by atoms with Crippen molar-refractivity contribution in [3.8, 4) is 5.75 Å². The van der Waals surface area contributed by atoms with Gasteiger partial charge in [-0.15, -0.1) is 0 Å². The number of hydrogen-bond donors (Lipinski definition) is 2. The number of hydrogen-bond acceptors (Lipinski definition) is 4. The van der Waals surface area contributed by atoms with Crippen LogP contribution in [-0.2, 0) is 4.79 Å². The second kappa shape index (κ2) is 5.52. The molecular formula is C13H8F5NO4. The maximum absolute atomic E-state index is 12.9. The minimum absolute atomic E-state index is 0.0579. The minimum atomic E-state index is -6.04. The average Bonchev–Trinajstić information content (AvgIpc) is 2.44. The molecule has 0 saturated heterocycles. The number of aliphatic hydroxyl groups is 1. The van der Waals surface area contributed by atoms with Crippen molar-refractivity contribution >= 4 is 17.4 Å². The van der Waals surface area contributed by atoms with Gasteiger partial charge in [0.2, 0.25) is 0 Å². The number of carbonyl (C=O) groups excluding carboxylic acids is 2. The topological polar surface area (TPSA) is 75.6 Å². The van der Waals surface area contributed by atoms with E-state index in [0.717, 1.165) is 12.1 Å². The van der Waals surface area contributed by atoms with Crippen LogP contribution in [0.2, 0.25) is 0 Å². The highest BCUT2D eigenvalue weighted by Gasteiger charge is 2.61. The molecule has 1 aliphatic rings. The van der Waals surface area contributed by atoms with E-state index in [-0.39, 0.29) is 29.7 Å². The van der Waals surface area contributed by atoms with Crippen LogP contribution in [0.15, 0.2) is 30.0 Å². The van der Waals surface area contributed by atoms with Gasteiger partial charge in [0.15, 0.2) is 18.1 Å². The molecule has 1 aromatic carbocycles. The van der Waals surface area contributed by atoms with Crippen molar-refractivity contribution in [2.45, 2.75) is 12.1 Å². The summed E-state index contributed by atoms with van der Waals surface area (Å²) in [7, 11) is 0. The van der Waals surface area contributed by atoms with Gasteiger partial charge in [-0.1, -0.05) is 0 Å². The van der Waals surface area contributed by atoms with Crippen LogP contribution in [0.1, 0.15) is 10.4 Å². The van der Waals surface area contributed by atoms with Crippen molar-refractivity contribution in [2.75, 3.05) is 11.9 Å². The highest BCUT2D eigenvalue weighted by molar-refractivity contribution is 6.06. The summed E-state index contributed by atoms with van der Waals surface area (Å²) >= 11 is 0. The van der Waals surface area contributed by atoms with Crippen LogP contribution in [0.3, 0.4) is 0 Å². The largest absolute Gasteiger partial charge is 0.506 e. The van der Waals surface area contributed by atoms with Crippen LogP contribution in [0.5, 0.6) is 5.75 Å². The lowest BCUT2D eigenvalue weighted by Crippen LogP contribution is -2.38. The Morgan fingerprint density at radius 2 is 1.91 bits per heavy atom. The van der Waals surface area contributed by atoms with Crippen LogP contribution >= 0.6 is 0 Å². The molecule has 1 aromatic rings. The fraction of sp³-hybridized carbons (Fsp3) is 0.231. The number of rotatable bonds is 3. The van der Waals surface area contributed by atoms with E-state index in [2.05, 4.69) is 5.32 Å². The zero-order valence-corrected chi connectivity index (χ0v) is 11.1. The molecule has 0 bridgehead atoms. The number of nitrogens with one attached hydrogen (secondary N) is 1. The third kappa shape index (κ3) is 3.25. The molecule has 0 fully saturated rings. The predicted molar refractivity (Wildman–Crippen MR) is 66.6 cm³/mol. The van der Waals surface area contributed by atoms with E-state index in [1.807, 2.05) is 0 Å². The summed E-state index contributed by atoms with van der Waals surface area (Å²) < 4.78 is 66.9. The molecule has 10 heteroatoms. The molecule has 1 aliphatic heterocycles. The predicted octanol–water partition coefficient (Wildman–Crippen LogP) is 2.84. The van der Waals surface area contributed by atoms with Crippen molar-refractivity contribution < 1.29 is 41.4 Å². The number of alkyl halides is 5. The molecule has 0 spiro atoms. The van der Waals surface area contributed by atoms with E-state index >= 15 is 0 Å². The van der Waals surface area contributed by atoms with Gasteiger partial charge in [0.25, 0.3) is 5.91 Å². The van der Waals surface area contributed by atoms with Crippen LogP contribution in [-0.4, -0.2) is 35.5 Å². The molecule has 0 aromatic heterocycles. The highest BCUT2D eigenvalue weighted by Crippen LogP contribution is 2.40. The Morgan fingerprint density at radius 3 is 2.52 bits per heavy atom. The molecule has 2 rings (SSSR count). The van der Waals surface area contributed by atoms with E-state index < -0.39 is 29.5 Å². The normalized spacial score (nSPS) is 15.5. The maximum Gasteiger partial charge on any atom is 0.461 e. The standard InChI is InChI=1S/C13H8F5NO4/c14-12(15,13(16,17)18)10(21)4-8(20)6-1-2-9-7(3-6)19-11(22)5-23-9/h1-4,21H,5H2,(H,19,22)/b10-4-. The molecule has 5 nitrogen and oxygen atoms in total. The summed E-state index contributed by atoms with van der Waals surface area (Å²) in [6.45, 7) is -0.251. The minimum Gasteiger partial charge on any atom is -0.506 e. The van der Waals surface area contributed by atoms with Crippen molar-refractivity contribution in [1.82, 2.24) is 0 Å². The molecule has 124 valence electrons. The van der Waals surface area contributed by atoms with Gasteiger partial charge in [0.05, 0.1) is 5.69 Å². The van der Waals surface area contributed by atoms with Crippen molar-refractivity contribution in [3.05, 3.63) is 35.6 Å². The number of carbonyl (C=O) groups is 2. The zero-order chi connectivity index (χ0) is 17.4. The van der Waals surface area contributed by atoms with Gasteiger partial charge in [0, 0.05) is 11.6 Å². The maximum atomic E-state index is 12.9. The van der Waals surface area contributed by atoms with Crippen LogP contribution < -0.4 is 10.1 Å². The fourth-order valence-corrected chi connectivity index (χ4v) is 1.68. The average molecular weight is 337 g/mol. The summed E-state index contributed by atoms with van der Waals surface area (Å²) in [5.41, 5.74) is -0.262. The lowest BCUT2D eigenvalue weighted by molar-refractivity contribution is -0.274. The van der Waals surface area contributed by atoms with E-state index in [0.29, 0.717) is 0 Å². The number of anilines is 1. The fourth-order valence-electron chi connectivity index (χ4n) is 1.68. The van der Waals surface area contributed by atoms with Gasteiger partial charge < -0.3 is 15.2 Å². The second-order valence-corrected chi connectivity index (χ2v) is 4.51. The molecule has 1 amide bonds. The third-order valence-corrected chi connectivity index (χ3v) is 2.84. The first-order chi connectivity index (χ1) is 10.5. The summed E-state index contributed by atoms with van der Waals surface area (Å²) in [5.74, 6) is -9.59. The summed E-state index contributed by atoms with van der Waals surface area (Å²) in [5, 5.41) is 11.2. The number of fused-ring (bicyclic) bond motifs is 1. The van der Waals surface area contributed by atoms with Gasteiger partial charge in [-0.3, -0.25) is 9.59 Å². The van der Waals surface area contributed by atoms with Crippen molar-refractivity contribution in [2.24, 2.45) is 0 Å². The highest BCUT2D eigenvalue weighted by atomic mass is 19.4. The third-order valence-electron chi connectivity index (χ3n) is 2.84. The van der Waals surface area contributed by atoms with Crippen LogP contribution in [0.4, 0.5) is 27.6 Å². The van der Waals surface area contributed by atoms with E-state index in [1.165, 1.54) is 6.07 Å². The Balaban J connectivity index is 2.29. The molecule has 23 heavy (non-hydrogen) atoms. The molecule has 2 N–H and O–H groups in total. The van der Waals surface area contributed by atoms with Crippen molar-refractivity contribution in [3.63, 3.8) is 0 Å². The quantitative estimate of drug-likeness (QED) is 0.385. The molecule has 0 saturated carbocycles. The molecule has 0 unspecified atom stereocenters. The van der Waals surface area contributed by atoms with Gasteiger partial charge in [-0.2, -0.15) is 22.0 Å². The van der Waals surface area contributed by atoms with Crippen LogP contribution in [0.25, 0.3) is 0 Å². The molecule has 0 radical (unpaired) electrons. The second-order valence-electron chi connectivity index (χ2n) is 4.51. The number of halogens is 5. The Bertz CT molecular complexity index is 696. The number of aliphatic hydroxyl groups excluding tert-OH is 1. The lowest BCUT2D eigenvalue weighted by Gasteiger charge is -2.19. The van der Waals surface area contributed by atoms with Gasteiger partial charge in [0.1, 0.15) is 5.75 Å². The van der Waals surface area contributed by atoms with E-state index in [9.17, 15) is 31.5 Å². The molecular weight excluding hydrogens is 329 g/mol. The first-order valence-corrected chi connectivity index (χ1v) is 5.99. The molecule has 1 heterocycles. The van der Waals surface area contributed by atoms with Gasteiger partial charge in [-0.05, 0) is 18.2 Å². The molecule has 0 atom stereocenters. The Morgan fingerprint density at radius 1 is 1.26 bits per heavy atom. The molecule has 0 aliphatic carbocycles. The monoisotopic (exact) mass is 337 g/mol. The Labute approximate surface area is 125 Å². The lowest BCUT2D eigenvalue weighted by atomic mass is 10.1. The Hall–Kier alpha value is -2.65. The Kier molecular flexibility index (Phi) is 4.01. The zero-order valence-electron chi connectivity index (χ0n) is 11.1. The summed E-state index contributed by atoms with van der Waals surface area (Å²) in [6, 6.07) is 3.35. The van der Waals surface area contributed by atoms with Crippen LogP contribution in [0, 0.1) is 0 Å². The van der Waals surface area contributed by atoms with E-state index in [1.54, 1.807) is 0 Å². The van der Waals surface area contributed by atoms with Crippen molar-refractivity contribution in [1.29, 1.82) is 0 Å². The van der Waals surface area contributed by atoms with Gasteiger partial charge >= 0.3 is 12.1 Å². The first-order valence-electron chi connectivity index (χ1n) is 5.99. The number of benzene rings is 1. The number of allylic oxidation sites excluding steroid dienone is 2. The van der Waals surface area contributed by atoms with Gasteiger partial charge in [-0.25, -0.2) is 0 Å². The van der Waals surface area contributed by atoms with E-state index in [4.69, 9.17) is 9.84 Å². The number of amides is 1. The first kappa shape index (κ1) is 16.7. The number of ether oxygens (including phenoxy) is 1. The summed E-state index contributed by atoms with van der Waals surface area (Å²) in [4.78, 5) is 22.8.